The van der Waals surface area contributed by atoms with Gasteiger partial charge in [-0.05, 0) is 0 Å². The molecule has 0 radical (unpaired) electrons. The second-order valence-electron chi connectivity index (χ2n) is 2.24. The Morgan fingerprint density at radius 2 is 2.50 bits per heavy atom. The number of hydrogen-bond acceptors (Lipinski definition) is 3. The molecule has 1 rings (SSSR count). The maximum Gasteiger partial charge on any atom is 0.161 e. The van der Waals surface area contributed by atoms with E-state index in [1.165, 1.54) is 0 Å². The van der Waals surface area contributed by atoms with Crippen molar-refractivity contribution in [3.05, 3.63) is 11.8 Å². The molecule has 0 bridgehead atoms. The highest BCUT2D eigenvalue weighted by Crippen LogP contribution is 2.04. The molecule has 0 unspecified atom stereocenters. The zero-order valence-electron chi connectivity index (χ0n) is 6.70. The molecule has 0 fully saturated rings. The lowest BCUT2D eigenvalue weighted by molar-refractivity contribution is 0.772. The molecule has 0 saturated heterocycles. The molecule has 4 heteroatoms. The maximum absolute atomic E-state index is 8.21. The van der Waals surface area contributed by atoms with Crippen LogP contribution in [0, 0.1) is 23.2 Å². The first-order valence-electron chi connectivity index (χ1n) is 3.39. The smallest absolute Gasteiger partial charge is 0.161 e. The van der Waals surface area contributed by atoms with Crippen molar-refractivity contribution < 1.29 is 0 Å². The van der Waals surface area contributed by atoms with Crippen molar-refractivity contribution in [2.75, 3.05) is 5.73 Å². The SMILES string of the molecule is Cn1cc(C#CCC#N)c(N)n1. The van der Waals surface area contributed by atoms with Crippen LogP contribution in [-0.4, -0.2) is 9.78 Å². The van der Waals surface area contributed by atoms with E-state index in [4.69, 9.17) is 11.0 Å². The van der Waals surface area contributed by atoms with Gasteiger partial charge in [-0.25, -0.2) is 0 Å². The third kappa shape index (κ3) is 1.77. The van der Waals surface area contributed by atoms with Crippen LogP contribution in [-0.2, 0) is 7.05 Å². The normalized spacial score (nSPS) is 8.33. The number of nitriles is 1. The van der Waals surface area contributed by atoms with Crippen LogP contribution in [0.2, 0.25) is 0 Å². The van der Waals surface area contributed by atoms with E-state index in [0.29, 0.717) is 11.4 Å². The summed E-state index contributed by atoms with van der Waals surface area (Å²) < 4.78 is 1.59. The molecule has 12 heavy (non-hydrogen) atoms. The number of anilines is 1. The van der Waals surface area contributed by atoms with Gasteiger partial charge in [0.25, 0.3) is 0 Å². The molecule has 4 nitrogen and oxygen atoms in total. The molecule has 0 aliphatic rings. The molecule has 0 amide bonds. The van der Waals surface area contributed by atoms with Crippen LogP contribution >= 0.6 is 0 Å². The van der Waals surface area contributed by atoms with Gasteiger partial charge in [-0.1, -0.05) is 11.8 Å². The van der Waals surface area contributed by atoms with Gasteiger partial charge in [0, 0.05) is 13.2 Å². The summed E-state index contributed by atoms with van der Waals surface area (Å²) in [4.78, 5) is 0. The van der Waals surface area contributed by atoms with Gasteiger partial charge in [-0.3, -0.25) is 4.68 Å². The van der Waals surface area contributed by atoms with Crippen LogP contribution < -0.4 is 5.73 Å². The highest BCUT2D eigenvalue weighted by atomic mass is 15.3. The Balaban J connectivity index is 2.85. The highest BCUT2D eigenvalue weighted by molar-refractivity contribution is 5.49. The fraction of sp³-hybridized carbons (Fsp3) is 0.250. The Bertz CT molecular complexity index is 372. The molecule has 0 spiro atoms. The topological polar surface area (TPSA) is 67.6 Å². The van der Waals surface area contributed by atoms with E-state index in [0.717, 1.165) is 0 Å². The lowest BCUT2D eigenvalue weighted by Crippen LogP contribution is -1.90. The van der Waals surface area contributed by atoms with Crippen molar-refractivity contribution in [3.8, 4) is 17.9 Å². The minimum atomic E-state index is 0.217. The van der Waals surface area contributed by atoms with Crippen molar-refractivity contribution in [1.29, 1.82) is 5.26 Å². The molecule has 1 aromatic rings. The van der Waals surface area contributed by atoms with Gasteiger partial charge >= 0.3 is 0 Å². The lowest BCUT2D eigenvalue weighted by atomic mass is 10.3. The minimum absolute atomic E-state index is 0.217. The van der Waals surface area contributed by atoms with Gasteiger partial charge in [-0.2, -0.15) is 10.4 Å². The van der Waals surface area contributed by atoms with Gasteiger partial charge in [0.1, 0.15) is 0 Å². The summed E-state index contributed by atoms with van der Waals surface area (Å²) in [6.07, 6.45) is 1.94. The second-order valence-corrected chi connectivity index (χ2v) is 2.24. The van der Waals surface area contributed by atoms with Crippen LogP contribution in [0.4, 0.5) is 5.82 Å². The predicted octanol–water partition coefficient (Wildman–Crippen LogP) is 0.267. The largest absolute Gasteiger partial charge is 0.381 e. The lowest BCUT2D eigenvalue weighted by Gasteiger charge is -1.80. The first-order valence-corrected chi connectivity index (χ1v) is 3.39. The van der Waals surface area contributed by atoms with Gasteiger partial charge in [0.15, 0.2) is 5.82 Å². The summed E-state index contributed by atoms with van der Waals surface area (Å²) in [7, 11) is 1.77. The van der Waals surface area contributed by atoms with E-state index in [-0.39, 0.29) is 6.42 Å². The van der Waals surface area contributed by atoms with Crippen molar-refractivity contribution in [2.45, 2.75) is 6.42 Å². The number of nitrogens with zero attached hydrogens (tertiary/aromatic N) is 3. The van der Waals surface area contributed by atoms with Gasteiger partial charge in [0.05, 0.1) is 18.1 Å². The molecular weight excluding hydrogens is 152 g/mol. The Morgan fingerprint density at radius 1 is 1.75 bits per heavy atom. The number of nitrogen functional groups attached to an aromatic ring is 1. The zero-order valence-corrected chi connectivity index (χ0v) is 6.70. The molecule has 0 saturated carbocycles. The summed E-state index contributed by atoms with van der Waals surface area (Å²) in [5, 5.41) is 12.1. The van der Waals surface area contributed by atoms with Crippen molar-refractivity contribution in [1.82, 2.24) is 9.78 Å². The van der Waals surface area contributed by atoms with Crippen molar-refractivity contribution in [2.24, 2.45) is 7.05 Å². The average Bonchev–Trinajstić information content (AvgIpc) is 2.31. The number of aryl methyl sites for hydroxylation is 1. The summed E-state index contributed by atoms with van der Waals surface area (Å²) in [6.45, 7) is 0. The Hall–Kier alpha value is -1.94. The van der Waals surface area contributed by atoms with Crippen molar-refractivity contribution in [3.63, 3.8) is 0 Å². The first kappa shape index (κ1) is 8.16. The third-order valence-corrected chi connectivity index (χ3v) is 1.25. The molecule has 1 heterocycles. The number of rotatable bonds is 0. The van der Waals surface area contributed by atoms with Crippen LogP contribution in [0.1, 0.15) is 12.0 Å². The number of hydrogen-bond donors (Lipinski definition) is 1. The zero-order chi connectivity index (χ0) is 8.97. The van der Waals surface area contributed by atoms with E-state index in [1.807, 2.05) is 6.07 Å². The first-order chi connectivity index (χ1) is 5.74. The number of aromatic nitrogens is 2. The van der Waals surface area contributed by atoms with Gasteiger partial charge in [-0.15, -0.1) is 0 Å². The van der Waals surface area contributed by atoms with E-state index < -0.39 is 0 Å². The summed E-state index contributed by atoms with van der Waals surface area (Å²) in [5.74, 6) is 5.82. The number of nitrogens with two attached hydrogens (primary N) is 1. The Kier molecular flexibility index (Phi) is 2.35. The van der Waals surface area contributed by atoms with Crippen LogP contribution in [0.25, 0.3) is 0 Å². The van der Waals surface area contributed by atoms with E-state index in [1.54, 1.807) is 17.9 Å². The van der Waals surface area contributed by atoms with E-state index >= 15 is 0 Å². The molecule has 1 aromatic heterocycles. The fourth-order valence-corrected chi connectivity index (χ4v) is 0.781. The minimum Gasteiger partial charge on any atom is -0.381 e. The average molecular weight is 160 g/mol. The van der Waals surface area contributed by atoms with Gasteiger partial charge in [0.2, 0.25) is 0 Å². The molecule has 60 valence electrons. The molecule has 0 aliphatic carbocycles. The summed E-state index contributed by atoms with van der Waals surface area (Å²) in [6, 6.07) is 1.92. The molecular formula is C8H8N4. The predicted molar refractivity (Wildman–Crippen MR) is 44.7 cm³/mol. The van der Waals surface area contributed by atoms with Crippen LogP contribution in [0.3, 0.4) is 0 Å². The fourth-order valence-electron chi connectivity index (χ4n) is 0.781. The quantitative estimate of drug-likeness (QED) is 0.554. The van der Waals surface area contributed by atoms with E-state index in [2.05, 4.69) is 16.9 Å². The Labute approximate surface area is 70.6 Å². The standard InChI is InChI=1S/C8H8N4/c1-12-6-7(8(10)11-12)4-2-3-5-9/h6H,3H2,1H3,(H2,10,11). The van der Waals surface area contributed by atoms with Gasteiger partial charge < -0.3 is 5.73 Å². The monoisotopic (exact) mass is 160 g/mol. The molecule has 2 N–H and O–H groups in total. The second kappa shape index (κ2) is 3.45. The van der Waals surface area contributed by atoms with E-state index in [9.17, 15) is 0 Å². The summed E-state index contributed by atoms with van der Waals surface area (Å²) >= 11 is 0. The van der Waals surface area contributed by atoms with Crippen molar-refractivity contribution >= 4 is 5.82 Å². The maximum atomic E-state index is 8.21. The molecule has 0 aliphatic heterocycles. The van der Waals surface area contributed by atoms with Crippen LogP contribution in [0.15, 0.2) is 6.20 Å². The Morgan fingerprint density at radius 3 is 3.00 bits per heavy atom. The van der Waals surface area contributed by atoms with Crippen LogP contribution in [0.5, 0.6) is 0 Å². The summed E-state index contributed by atoms with van der Waals surface area (Å²) in [5.41, 5.74) is 6.18. The third-order valence-electron chi connectivity index (χ3n) is 1.25. The molecule has 0 atom stereocenters. The molecule has 0 aromatic carbocycles. The highest BCUT2D eigenvalue weighted by Gasteiger charge is 1.98.